The van der Waals surface area contributed by atoms with Crippen molar-refractivity contribution in [2.75, 3.05) is 19.7 Å². The molecule has 7 heteroatoms. The molecule has 0 spiro atoms. The van der Waals surface area contributed by atoms with E-state index in [1.54, 1.807) is 11.3 Å². The summed E-state index contributed by atoms with van der Waals surface area (Å²) in [6.07, 6.45) is 2.52. The van der Waals surface area contributed by atoms with E-state index >= 15 is 0 Å². The quantitative estimate of drug-likeness (QED) is 0.543. The van der Waals surface area contributed by atoms with Crippen LogP contribution < -0.4 is 0 Å². The summed E-state index contributed by atoms with van der Waals surface area (Å²) in [5.41, 5.74) is 2.04. The van der Waals surface area contributed by atoms with E-state index < -0.39 is 8.32 Å². The fourth-order valence-corrected chi connectivity index (χ4v) is 5.34. The van der Waals surface area contributed by atoms with E-state index in [2.05, 4.69) is 62.8 Å². The van der Waals surface area contributed by atoms with Crippen molar-refractivity contribution in [3.05, 3.63) is 22.8 Å². The second-order valence-corrected chi connectivity index (χ2v) is 15.6. The van der Waals surface area contributed by atoms with Crippen molar-refractivity contribution < 1.29 is 4.43 Å². The molecule has 1 saturated heterocycles. The highest BCUT2D eigenvalue weighted by Gasteiger charge is 2.38. The normalized spacial score (nSPS) is 20.2. The van der Waals surface area contributed by atoms with Gasteiger partial charge in [-0.05, 0) is 69.4 Å². The summed E-state index contributed by atoms with van der Waals surface area (Å²) in [5, 5.41) is 1.36. The Morgan fingerprint density at radius 2 is 2.00 bits per heavy atom. The first-order valence-electron chi connectivity index (χ1n) is 10.2. The SMILES string of the molecule is Cc1nc2nc(C(C)N3CCC[C@H](CO[Si](C)(C)C(C)(C)C)C3)ccc2s1.S. The monoisotopic (exact) mass is 439 g/mol. The molecule has 3 heterocycles. The van der Waals surface area contributed by atoms with Gasteiger partial charge in [-0.3, -0.25) is 4.90 Å². The molecule has 158 valence electrons. The summed E-state index contributed by atoms with van der Waals surface area (Å²) in [6, 6.07) is 4.69. The van der Waals surface area contributed by atoms with E-state index in [1.165, 1.54) is 17.5 Å². The third-order valence-electron chi connectivity index (χ3n) is 6.39. The molecule has 2 aromatic heterocycles. The lowest BCUT2D eigenvalue weighted by atomic mass is 9.97. The van der Waals surface area contributed by atoms with Crippen LogP contribution in [0.4, 0.5) is 0 Å². The smallest absolute Gasteiger partial charge is 0.191 e. The lowest BCUT2D eigenvalue weighted by molar-refractivity contribution is 0.0951. The lowest BCUT2D eigenvalue weighted by Crippen LogP contribution is -2.44. The molecule has 1 unspecified atom stereocenters. The van der Waals surface area contributed by atoms with Crippen LogP contribution in [0.3, 0.4) is 0 Å². The van der Waals surface area contributed by atoms with Crippen LogP contribution in [-0.2, 0) is 4.43 Å². The van der Waals surface area contributed by atoms with Gasteiger partial charge in [0, 0.05) is 19.2 Å². The Morgan fingerprint density at radius 3 is 2.68 bits per heavy atom. The molecule has 0 bridgehead atoms. The number of rotatable bonds is 5. The Morgan fingerprint density at radius 1 is 1.29 bits per heavy atom. The molecule has 28 heavy (non-hydrogen) atoms. The van der Waals surface area contributed by atoms with Crippen LogP contribution in [0.25, 0.3) is 10.3 Å². The molecule has 0 aromatic carbocycles. The first-order valence-corrected chi connectivity index (χ1v) is 13.9. The maximum atomic E-state index is 6.52. The number of aromatic nitrogens is 2. The van der Waals surface area contributed by atoms with Crippen molar-refractivity contribution in [1.82, 2.24) is 14.9 Å². The molecule has 2 aromatic rings. The zero-order valence-corrected chi connectivity index (χ0v) is 21.3. The van der Waals surface area contributed by atoms with Crippen LogP contribution in [0.5, 0.6) is 0 Å². The van der Waals surface area contributed by atoms with Crippen molar-refractivity contribution >= 4 is 43.5 Å². The number of piperidine rings is 1. The maximum Gasteiger partial charge on any atom is 0.191 e. The minimum atomic E-state index is -1.67. The Balaban J connectivity index is 0.00000280. The highest BCUT2D eigenvalue weighted by Crippen LogP contribution is 2.37. The van der Waals surface area contributed by atoms with Gasteiger partial charge >= 0.3 is 0 Å². The number of aryl methyl sites for hydroxylation is 1. The Kier molecular flexibility index (Phi) is 7.76. The Hall–Kier alpha value is -0.473. The number of nitrogens with zero attached hydrogens (tertiary/aromatic N) is 3. The molecule has 1 aliphatic rings. The third-order valence-corrected chi connectivity index (χ3v) is 11.8. The topological polar surface area (TPSA) is 38.2 Å². The van der Waals surface area contributed by atoms with Crippen LogP contribution >= 0.6 is 24.8 Å². The van der Waals surface area contributed by atoms with Crippen molar-refractivity contribution in [3.63, 3.8) is 0 Å². The molecule has 0 N–H and O–H groups in total. The number of fused-ring (bicyclic) bond motifs is 1. The molecule has 0 radical (unpaired) electrons. The van der Waals surface area contributed by atoms with Gasteiger partial charge in [0.05, 0.1) is 15.4 Å². The zero-order valence-electron chi connectivity index (χ0n) is 18.5. The number of pyridine rings is 1. The Labute approximate surface area is 182 Å². The van der Waals surface area contributed by atoms with Crippen molar-refractivity contribution in [1.29, 1.82) is 0 Å². The summed E-state index contributed by atoms with van der Waals surface area (Å²) >= 11 is 1.72. The summed E-state index contributed by atoms with van der Waals surface area (Å²) in [7, 11) is -1.67. The highest BCUT2D eigenvalue weighted by atomic mass is 32.1. The molecular weight excluding hydrogens is 402 g/mol. The first kappa shape index (κ1) is 23.8. The maximum absolute atomic E-state index is 6.52. The standard InChI is InChI=1S/C21H35N3OSSi.H2S/c1-15(18-10-11-19-20(23-18)22-16(2)26-19)24-12-8-9-17(13-24)14-25-27(6,7)21(3,4)5;/h10-11,15,17H,8-9,12-14H2,1-7H3;1H2/t15?,17-;/m0./s1. The highest BCUT2D eigenvalue weighted by molar-refractivity contribution is 7.59. The summed E-state index contributed by atoms with van der Waals surface area (Å²) in [5.74, 6) is 0.626. The van der Waals surface area contributed by atoms with E-state index in [0.717, 1.165) is 36.0 Å². The fraction of sp³-hybridized carbons (Fsp3) is 0.714. The largest absolute Gasteiger partial charge is 0.416 e. The van der Waals surface area contributed by atoms with Crippen LogP contribution in [0.15, 0.2) is 12.1 Å². The van der Waals surface area contributed by atoms with Crippen LogP contribution in [-0.4, -0.2) is 42.9 Å². The molecule has 0 saturated carbocycles. The molecule has 3 rings (SSSR count). The number of hydrogen-bond acceptors (Lipinski definition) is 5. The van der Waals surface area contributed by atoms with E-state index in [1.807, 2.05) is 6.92 Å². The third kappa shape index (κ3) is 5.36. The van der Waals surface area contributed by atoms with Gasteiger partial charge in [0.1, 0.15) is 0 Å². The minimum Gasteiger partial charge on any atom is -0.416 e. The van der Waals surface area contributed by atoms with Gasteiger partial charge in [0.2, 0.25) is 0 Å². The predicted molar refractivity (Wildman–Crippen MR) is 128 cm³/mol. The van der Waals surface area contributed by atoms with E-state index in [0.29, 0.717) is 12.0 Å². The van der Waals surface area contributed by atoms with Crippen LogP contribution in [0, 0.1) is 12.8 Å². The van der Waals surface area contributed by atoms with Crippen LogP contribution in [0.1, 0.15) is 57.3 Å². The van der Waals surface area contributed by atoms with Crippen molar-refractivity contribution in [2.24, 2.45) is 5.92 Å². The second kappa shape index (κ2) is 9.12. The van der Waals surface area contributed by atoms with E-state index in [9.17, 15) is 0 Å². The zero-order chi connectivity index (χ0) is 19.8. The summed E-state index contributed by atoms with van der Waals surface area (Å²) in [4.78, 5) is 12.0. The molecule has 0 aliphatic carbocycles. The Bertz CT molecular complexity index is 788. The van der Waals surface area contributed by atoms with Gasteiger partial charge in [-0.15, -0.1) is 11.3 Å². The van der Waals surface area contributed by atoms with Gasteiger partial charge < -0.3 is 4.43 Å². The van der Waals surface area contributed by atoms with Crippen molar-refractivity contribution in [2.45, 2.75) is 71.6 Å². The van der Waals surface area contributed by atoms with E-state index in [-0.39, 0.29) is 18.5 Å². The van der Waals surface area contributed by atoms with Gasteiger partial charge in [-0.2, -0.15) is 13.5 Å². The van der Waals surface area contributed by atoms with Gasteiger partial charge in [0.25, 0.3) is 0 Å². The molecule has 4 nitrogen and oxygen atoms in total. The fourth-order valence-electron chi connectivity index (χ4n) is 3.49. The summed E-state index contributed by atoms with van der Waals surface area (Å²) < 4.78 is 7.70. The number of hydrogen-bond donors (Lipinski definition) is 0. The average molecular weight is 440 g/mol. The number of thiazole rings is 1. The second-order valence-electron chi connectivity index (χ2n) is 9.54. The molecule has 1 fully saturated rings. The van der Waals surface area contributed by atoms with Gasteiger partial charge in [-0.1, -0.05) is 20.8 Å². The van der Waals surface area contributed by atoms with Gasteiger partial charge in [0.15, 0.2) is 14.0 Å². The molecule has 0 amide bonds. The van der Waals surface area contributed by atoms with Gasteiger partial charge in [-0.25, -0.2) is 9.97 Å². The van der Waals surface area contributed by atoms with E-state index in [4.69, 9.17) is 9.41 Å². The molecular formula is C21H37N3OS2Si. The molecule has 1 aliphatic heterocycles. The molecule has 2 atom stereocenters. The average Bonchev–Trinajstić information content (AvgIpc) is 2.98. The predicted octanol–water partition coefficient (Wildman–Crippen LogP) is 5.91. The van der Waals surface area contributed by atoms with Crippen molar-refractivity contribution in [3.8, 4) is 0 Å². The van der Waals surface area contributed by atoms with Crippen LogP contribution in [0.2, 0.25) is 18.1 Å². The lowest BCUT2D eigenvalue weighted by Gasteiger charge is -2.40. The summed E-state index contributed by atoms with van der Waals surface area (Å²) in [6.45, 7) is 19.1. The number of likely N-dealkylation sites (tertiary alicyclic amines) is 1. The first-order chi connectivity index (χ1) is 12.6. The minimum absolute atomic E-state index is 0.